The molecule has 266 valence electrons. The van der Waals surface area contributed by atoms with Gasteiger partial charge in [0.15, 0.2) is 5.75 Å². The second-order valence-corrected chi connectivity index (χ2v) is 14.0. The lowest BCUT2D eigenvalue weighted by atomic mass is 10.1. The molecule has 3 aromatic carbocycles. The van der Waals surface area contributed by atoms with Gasteiger partial charge in [-0.3, -0.25) is 14.3 Å². The normalized spacial score (nSPS) is 11.6. The monoisotopic (exact) mass is 799 g/mol. The molecule has 0 unspecified atom stereocenters. The van der Waals surface area contributed by atoms with Crippen LogP contribution in [0.1, 0.15) is 10.4 Å². The Bertz CT molecular complexity index is 2360. The van der Waals surface area contributed by atoms with Crippen molar-refractivity contribution in [2.75, 3.05) is 5.32 Å². The zero-order valence-electron chi connectivity index (χ0n) is 24.6. The number of carbonyl (C=O) groups excluding carboxylic acids is 1. The Labute approximate surface area is 299 Å². The number of hydrogen-bond donors (Lipinski definition) is 6. The Balaban J connectivity index is 0.000000563. The van der Waals surface area contributed by atoms with Gasteiger partial charge in [0, 0.05) is 17.8 Å². The number of sulfone groups is 1. The van der Waals surface area contributed by atoms with E-state index in [0.717, 1.165) is 24.3 Å². The zero-order chi connectivity index (χ0) is 37.3. The summed E-state index contributed by atoms with van der Waals surface area (Å²) in [6.07, 6.45) is 2.84. The van der Waals surface area contributed by atoms with Crippen LogP contribution in [-0.4, -0.2) is 72.9 Å². The van der Waals surface area contributed by atoms with Crippen molar-refractivity contribution in [1.29, 1.82) is 0 Å². The van der Waals surface area contributed by atoms with E-state index in [1.807, 2.05) is 0 Å². The summed E-state index contributed by atoms with van der Waals surface area (Å²) in [6.45, 7) is 0. The molecule has 25 heteroatoms. The van der Waals surface area contributed by atoms with Gasteiger partial charge >= 0.3 is 5.97 Å². The number of phenolic OH excluding ortho intramolecular Hbond substituents is 1. The number of aromatic nitrogens is 4. The van der Waals surface area contributed by atoms with Gasteiger partial charge in [-0.15, -0.1) is 9.45 Å². The number of aromatic carboxylic acids is 1. The molecule has 0 aliphatic heterocycles. The minimum atomic E-state index is -4.81. The summed E-state index contributed by atoms with van der Waals surface area (Å²) in [5, 5.41) is 41.6. The van der Waals surface area contributed by atoms with Gasteiger partial charge in [-0.05, 0) is 65.5 Å². The minimum absolute atomic E-state index is 0.0379. The quantitative estimate of drug-likeness (QED) is 0.0226. The number of fused-ring (bicyclic) bond motifs is 1. The summed E-state index contributed by atoms with van der Waals surface area (Å²) in [6, 6.07) is 11.0. The topological polar surface area (TPSA) is 310 Å². The van der Waals surface area contributed by atoms with E-state index >= 15 is 0 Å². The van der Waals surface area contributed by atoms with E-state index in [2.05, 4.69) is 44.9 Å². The Kier molecular flexibility index (Phi) is 12.9. The van der Waals surface area contributed by atoms with Crippen LogP contribution in [0.3, 0.4) is 0 Å². The number of nitrogens with one attached hydrogen (secondary N) is 1. The van der Waals surface area contributed by atoms with E-state index < -0.39 is 36.6 Å². The maximum Gasteiger partial charge on any atom is 0.337 e. The average molecular weight is 800 g/mol. The van der Waals surface area contributed by atoms with Crippen LogP contribution in [0.15, 0.2) is 97.1 Å². The SMILES string of the molecule is O=C(O)c1cccnc1.O=CS(=O)(=O)c1cccc(N=Nc2c(SOOO)cc3cc(S(=O)(=O)O)cc(Nc4nc(Cl)nc(SO)n4)c3c2O)c1. The number of azo groups is 1. The predicted octanol–water partition coefficient (Wildman–Crippen LogP) is 5.53. The second-order valence-electron chi connectivity index (χ2n) is 9.15. The van der Waals surface area contributed by atoms with Crippen molar-refractivity contribution in [3.63, 3.8) is 0 Å². The molecule has 51 heavy (non-hydrogen) atoms. The van der Waals surface area contributed by atoms with Crippen LogP contribution in [0, 0.1) is 0 Å². The molecule has 0 fully saturated rings. The lowest BCUT2D eigenvalue weighted by Crippen LogP contribution is -2.04. The van der Waals surface area contributed by atoms with Crippen LogP contribution in [0.4, 0.5) is 23.0 Å². The minimum Gasteiger partial charge on any atom is -0.505 e. The summed E-state index contributed by atoms with van der Waals surface area (Å²) >= 11 is 6.29. The first-order chi connectivity index (χ1) is 24.2. The fourth-order valence-electron chi connectivity index (χ4n) is 3.84. The van der Waals surface area contributed by atoms with Crippen molar-refractivity contribution in [3.8, 4) is 5.75 Å². The number of halogens is 1. The van der Waals surface area contributed by atoms with E-state index in [-0.39, 0.29) is 77.2 Å². The van der Waals surface area contributed by atoms with Gasteiger partial charge < -0.3 is 20.1 Å². The van der Waals surface area contributed by atoms with E-state index in [1.165, 1.54) is 36.7 Å². The molecule has 0 aliphatic rings. The summed E-state index contributed by atoms with van der Waals surface area (Å²) < 4.78 is 71.3. The van der Waals surface area contributed by atoms with Gasteiger partial charge in [0.1, 0.15) is 5.69 Å². The number of carboxylic acid groups (broad SMARTS) is 1. The molecule has 2 aromatic heterocycles. The number of carboxylic acids is 1. The van der Waals surface area contributed by atoms with Gasteiger partial charge in [0.05, 0.1) is 55.7 Å². The first-order valence-corrected chi connectivity index (χ1v) is 17.9. The number of carbonyl (C=O) groups is 2. The van der Waals surface area contributed by atoms with Crippen LogP contribution in [-0.2, 0) is 34.1 Å². The van der Waals surface area contributed by atoms with Gasteiger partial charge in [0.2, 0.25) is 31.8 Å². The summed E-state index contributed by atoms with van der Waals surface area (Å²) in [5.41, 5.74) is -0.633. The van der Waals surface area contributed by atoms with Gasteiger partial charge in [-0.25, -0.2) is 18.5 Å². The highest BCUT2D eigenvalue weighted by atomic mass is 35.5. The molecule has 0 atom stereocenters. The van der Waals surface area contributed by atoms with Crippen LogP contribution in [0.5, 0.6) is 5.75 Å². The fraction of sp³-hybridized carbons (Fsp3) is 0. The van der Waals surface area contributed by atoms with Crippen molar-refractivity contribution in [3.05, 3.63) is 77.8 Å². The van der Waals surface area contributed by atoms with E-state index in [9.17, 15) is 40.6 Å². The number of rotatable bonds is 12. The van der Waals surface area contributed by atoms with Crippen molar-refractivity contribution < 1.29 is 60.4 Å². The largest absolute Gasteiger partial charge is 0.505 e. The molecule has 0 radical (unpaired) electrons. The molecule has 6 N–H and O–H groups in total. The number of aromatic hydroxyl groups is 1. The number of benzene rings is 3. The summed E-state index contributed by atoms with van der Waals surface area (Å²) in [7, 11) is -9.05. The number of pyridine rings is 1. The Morgan fingerprint density at radius 1 is 1.00 bits per heavy atom. The van der Waals surface area contributed by atoms with Crippen molar-refractivity contribution in [2.45, 2.75) is 19.8 Å². The van der Waals surface area contributed by atoms with Crippen molar-refractivity contribution in [1.82, 2.24) is 19.9 Å². The molecule has 0 bridgehead atoms. The predicted molar refractivity (Wildman–Crippen MR) is 178 cm³/mol. The maximum atomic E-state index is 12.0. The summed E-state index contributed by atoms with van der Waals surface area (Å²) in [5.74, 6) is -1.91. The maximum absolute atomic E-state index is 12.0. The average Bonchev–Trinajstić information content (AvgIpc) is 3.10. The van der Waals surface area contributed by atoms with Gasteiger partial charge in [0.25, 0.3) is 10.1 Å². The highest BCUT2D eigenvalue weighted by Crippen LogP contribution is 2.47. The van der Waals surface area contributed by atoms with Crippen molar-refractivity contribution >= 4 is 101 Å². The Hall–Kier alpha value is -4.89. The fourth-order valence-corrected chi connectivity index (χ4v) is 6.01. The first-order valence-electron chi connectivity index (χ1n) is 13.0. The first kappa shape index (κ1) is 38.9. The van der Waals surface area contributed by atoms with E-state index in [0.29, 0.717) is 12.0 Å². The smallest absolute Gasteiger partial charge is 0.337 e. The van der Waals surface area contributed by atoms with Crippen LogP contribution < -0.4 is 5.32 Å². The number of hydrogen-bond acceptors (Lipinski definition) is 20. The third-order valence-corrected chi connectivity index (χ3v) is 9.07. The molecule has 0 amide bonds. The third-order valence-electron chi connectivity index (χ3n) is 5.94. The van der Waals surface area contributed by atoms with Crippen molar-refractivity contribution in [2.24, 2.45) is 10.2 Å². The third kappa shape index (κ3) is 10.1. The van der Waals surface area contributed by atoms with Gasteiger partial charge in [-0.2, -0.15) is 28.5 Å². The van der Waals surface area contributed by atoms with Crippen LogP contribution in [0.2, 0.25) is 5.28 Å². The molecule has 0 spiro atoms. The Morgan fingerprint density at radius 3 is 2.37 bits per heavy atom. The van der Waals surface area contributed by atoms with Gasteiger partial charge in [-0.1, -0.05) is 11.1 Å². The molecule has 2 heterocycles. The highest BCUT2D eigenvalue weighted by molar-refractivity contribution is 8.04. The number of phenols is 1. The molecule has 0 saturated heterocycles. The zero-order valence-corrected chi connectivity index (χ0v) is 28.6. The molecule has 20 nitrogen and oxygen atoms in total. The number of anilines is 2. The van der Waals surface area contributed by atoms with E-state index in [1.54, 1.807) is 6.07 Å². The molecule has 5 rings (SSSR count). The molecule has 5 aromatic rings. The van der Waals surface area contributed by atoms with E-state index in [4.69, 9.17) is 22.0 Å². The molecular formula is C26H18ClN7O13S4. The van der Waals surface area contributed by atoms with Crippen LogP contribution >= 0.6 is 35.7 Å². The summed E-state index contributed by atoms with van der Waals surface area (Å²) in [4.78, 5) is 35.0. The lowest BCUT2D eigenvalue weighted by molar-refractivity contribution is -0.432. The lowest BCUT2D eigenvalue weighted by Gasteiger charge is -2.15. The molecule has 0 aliphatic carbocycles. The molecule has 0 saturated carbocycles. The van der Waals surface area contributed by atoms with Crippen LogP contribution in [0.25, 0.3) is 10.8 Å². The number of nitrogens with zero attached hydrogens (tertiary/aromatic N) is 6. The molecular weight excluding hydrogens is 782 g/mol. The standard InChI is InChI=1S/C20H13ClN6O11S4.C6H5NO2/c21-18-23-19(25-20(24-18)39-31)22-13-7-12(42(34,35)36)4-9-5-14(40-38-37-30)16(17(29)15(9)13)27-26-10-2-1-3-11(6-10)41(32,33)8-28;8-6(9)5-2-1-3-7-4-5/h1-8,29-31H,(H,34,35,36)(H,22,23,24,25);1-4H,(H,8,9). The second kappa shape index (κ2) is 16.9. The highest BCUT2D eigenvalue weighted by Gasteiger charge is 2.22. The Morgan fingerprint density at radius 2 is 1.76 bits per heavy atom.